The van der Waals surface area contributed by atoms with Gasteiger partial charge in [0.1, 0.15) is 12.1 Å². The van der Waals surface area contributed by atoms with Gasteiger partial charge >= 0.3 is 0 Å². The molecule has 2 atom stereocenters. The molecule has 1 aliphatic rings. The summed E-state index contributed by atoms with van der Waals surface area (Å²) in [7, 11) is 2.08. The van der Waals surface area contributed by atoms with E-state index in [0.717, 1.165) is 24.4 Å². The third-order valence-electron chi connectivity index (χ3n) is 3.87. The van der Waals surface area contributed by atoms with Gasteiger partial charge in [0.25, 0.3) is 5.78 Å². The fourth-order valence-electron chi connectivity index (χ4n) is 2.83. The zero-order valence-electron chi connectivity index (χ0n) is 11.3. The highest BCUT2D eigenvalue weighted by atomic mass is 35.5. The lowest BCUT2D eigenvalue weighted by molar-refractivity contribution is 0.431. The van der Waals surface area contributed by atoms with Crippen LogP contribution in [0.1, 0.15) is 31.4 Å². The minimum Gasteiger partial charge on any atom is -0.355 e. The van der Waals surface area contributed by atoms with Gasteiger partial charge in [0.2, 0.25) is 0 Å². The monoisotopic (exact) mass is 279 g/mol. The highest BCUT2D eigenvalue weighted by molar-refractivity contribution is 6.21. The van der Waals surface area contributed by atoms with E-state index in [9.17, 15) is 0 Å². The molecule has 0 aliphatic heterocycles. The normalized spacial score (nSPS) is 23.7. The van der Waals surface area contributed by atoms with E-state index in [-0.39, 0.29) is 5.38 Å². The Morgan fingerprint density at radius 2 is 2.16 bits per heavy atom. The van der Waals surface area contributed by atoms with E-state index >= 15 is 0 Å². The Hall–Kier alpha value is -1.36. The second-order valence-corrected chi connectivity index (χ2v) is 5.77. The fraction of sp³-hybridized carbons (Fsp3) is 0.615. The summed E-state index contributed by atoms with van der Waals surface area (Å²) < 4.78 is 1.78. The van der Waals surface area contributed by atoms with Crippen molar-refractivity contribution in [3.63, 3.8) is 0 Å². The number of aryl methyl sites for hydroxylation is 1. The Kier molecular flexibility index (Phi) is 3.31. The Morgan fingerprint density at radius 1 is 1.37 bits per heavy atom. The first-order chi connectivity index (χ1) is 9.16. The summed E-state index contributed by atoms with van der Waals surface area (Å²) in [6.07, 6.45) is 6.22. The Morgan fingerprint density at radius 3 is 2.95 bits per heavy atom. The second-order valence-electron chi connectivity index (χ2n) is 5.21. The highest BCUT2D eigenvalue weighted by Crippen LogP contribution is 2.29. The summed E-state index contributed by atoms with van der Waals surface area (Å²) in [5, 5.41) is 4.46. The average Bonchev–Trinajstić information content (AvgIpc) is 2.85. The van der Waals surface area contributed by atoms with Gasteiger partial charge in [-0.2, -0.15) is 14.6 Å². The van der Waals surface area contributed by atoms with Crippen LogP contribution in [0.2, 0.25) is 0 Å². The number of hydrogen-bond donors (Lipinski definition) is 0. The maximum Gasteiger partial charge on any atom is 0.254 e. The maximum absolute atomic E-state index is 6.49. The number of halogens is 1. The van der Waals surface area contributed by atoms with Crippen molar-refractivity contribution >= 4 is 23.2 Å². The van der Waals surface area contributed by atoms with Crippen molar-refractivity contribution in [1.29, 1.82) is 0 Å². The van der Waals surface area contributed by atoms with E-state index in [1.807, 2.05) is 13.0 Å². The first kappa shape index (κ1) is 12.7. The summed E-state index contributed by atoms with van der Waals surface area (Å²) in [6, 6.07) is 2.39. The quantitative estimate of drug-likeness (QED) is 0.792. The molecule has 2 heterocycles. The van der Waals surface area contributed by atoms with Gasteiger partial charge in [0, 0.05) is 24.8 Å². The average molecular weight is 280 g/mol. The Labute approximate surface area is 117 Å². The third kappa shape index (κ3) is 2.27. The van der Waals surface area contributed by atoms with Gasteiger partial charge < -0.3 is 4.90 Å². The molecular formula is C13H18ClN5. The largest absolute Gasteiger partial charge is 0.355 e. The molecule has 3 rings (SSSR count). The second kappa shape index (κ2) is 4.96. The van der Waals surface area contributed by atoms with Crippen LogP contribution in [0.4, 0.5) is 5.82 Å². The molecule has 0 radical (unpaired) electrons. The number of hydrogen-bond acceptors (Lipinski definition) is 4. The SMILES string of the molecule is Cc1cc(N(C)C2CCCCC2Cl)n2ncnc2n1. The molecule has 5 nitrogen and oxygen atoms in total. The van der Waals surface area contributed by atoms with Crippen molar-refractivity contribution in [3.8, 4) is 0 Å². The molecule has 0 amide bonds. The van der Waals surface area contributed by atoms with Crippen LogP contribution in [0.3, 0.4) is 0 Å². The van der Waals surface area contributed by atoms with E-state index in [4.69, 9.17) is 11.6 Å². The van der Waals surface area contributed by atoms with Crippen molar-refractivity contribution in [2.75, 3.05) is 11.9 Å². The third-order valence-corrected chi connectivity index (χ3v) is 4.38. The number of rotatable bonds is 2. The number of nitrogens with zero attached hydrogens (tertiary/aromatic N) is 5. The van der Waals surface area contributed by atoms with Crippen molar-refractivity contribution < 1.29 is 0 Å². The van der Waals surface area contributed by atoms with Crippen molar-refractivity contribution in [3.05, 3.63) is 18.1 Å². The van der Waals surface area contributed by atoms with Gasteiger partial charge in [-0.25, -0.2) is 4.98 Å². The molecule has 0 bridgehead atoms. The lowest BCUT2D eigenvalue weighted by Crippen LogP contribution is -2.42. The zero-order valence-corrected chi connectivity index (χ0v) is 12.0. The first-order valence-electron chi connectivity index (χ1n) is 6.71. The minimum absolute atomic E-state index is 0.200. The van der Waals surface area contributed by atoms with Crippen LogP contribution < -0.4 is 4.90 Å². The lowest BCUT2D eigenvalue weighted by Gasteiger charge is -2.36. The molecule has 19 heavy (non-hydrogen) atoms. The van der Waals surface area contributed by atoms with Gasteiger partial charge in [0.15, 0.2) is 0 Å². The van der Waals surface area contributed by atoms with Crippen LogP contribution in [-0.2, 0) is 0 Å². The first-order valence-corrected chi connectivity index (χ1v) is 7.15. The van der Waals surface area contributed by atoms with E-state index in [1.54, 1.807) is 4.52 Å². The van der Waals surface area contributed by atoms with Crippen molar-refractivity contribution in [1.82, 2.24) is 19.6 Å². The summed E-state index contributed by atoms with van der Waals surface area (Å²) >= 11 is 6.49. The zero-order chi connectivity index (χ0) is 13.4. The van der Waals surface area contributed by atoms with Crippen LogP contribution in [0, 0.1) is 6.92 Å². The summed E-state index contributed by atoms with van der Waals surface area (Å²) in [6.45, 7) is 1.98. The number of alkyl halides is 1. The van der Waals surface area contributed by atoms with Crippen molar-refractivity contribution in [2.45, 2.75) is 44.0 Å². The smallest absolute Gasteiger partial charge is 0.254 e. The Balaban J connectivity index is 2.00. The van der Waals surface area contributed by atoms with Crippen LogP contribution >= 0.6 is 11.6 Å². The molecular weight excluding hydrogens is 262 g/mol. The van der Waals surface area contributed by atoms with E-state index < -0.39 is 0 Å². The van der Waals surface area contributed by atoms with Gasteiger partial charge in [0.05, 0.1) is 5.38 Å². The molecule has 1 saturated carbocycles. The van der Waals surface area contributed by atoms with E-state index in [1.165, 1.54) is 19.2 Å². The predicted molar refractivity (Wildman–Crippen MR) is 75.8 cm³/mol. The predicted octanol–water partition coefficient (Wildman–Crippen LogP) is 2.42. The number of aromatic nitrogens is 4. The minimum atomic E-state index is 0.200. The lowest BCUT2D eigenvalue weighted by atomic mass is 9.94. The van der Waals surface area contributed by atoms with Gasteiger partial charge in [-0.1, -0.05) is 12.8 Å². The molecule has 0 aromatic carbocycles. The molecule has 0 saturated heterocycles. The molecule has 2 aromatic rings. The molecule has 0 spiro atoms. The molecule has 6 heteroatoms. The standard InChI is InChI=1S/C13H18ClN5/c1-9-7-12(19-13(17-9)15-8-16-19)18(2)11-6-4-3-5-10(11)14/h7-8,10-11H,3-6H2,1-2H3. The van der Waals surface area contributed by atoms with Crippen LogP contribution in [0.15, 0.2) is 12.4 Å². The van der Waals surface area contributed by atoms with Gasteiger partial charge in [-0.15, -0.1) is 11.6 Å². The molecule has 1 fully saturated rings. The van der Waals surface area contributed by atoms with E-state index in [2.05, 4.69) is 27.0 Å². The fourth-order valence-corrected chi connectivity index (χ4v) is 3.28. The number of anilines is 1. The highest BCUT2D eigenvalue weighted by Gasteiger charge is 2.28. The maximum atomic E-state index is 6.49. The summed E-state index contributed by atoms with van der Waals surface area (Å²) in [4.78, 5) is 10.8. The Bertz CT molecular complexity index is 581. The van der Waals surface area contributed by atoms with Crippen molar-refractivity contribution in [2.24, 2.45) is 0 Å². The van der Waals surface area contributed by atoms with Crippen LogP contribution in [0.5, 0.6) is 0 Å². The summed E-state index contributed by atoms with van der Waals surface area (Å²) in [5.41, 5.74) is 0.948. The molecule has 2 aromatic heterocycles. The molecule has 2 unspecified atom stereocenters. The molecule has 0 N–H and O–H groups in total. The van der Waals surface area contributed by atoms with Crippen LogP contribution in [-0.4, -0.2) is 38.0 Å². The topological polar surface area (TPSA) is 46.3 Å². The molecule has 102 valence electrons. The van der Waals surface area contributed by atoms with Gasteiger partial charge in [-0.3, -0.25) is 0 Å². The van der Waals surface area contributed by atoms with Crippen LogP contribution in [0.25, 0.3) is 5.78 Å². The number of fused-ring (bicyclic) bond motifs is 1. The van der Waals surface area contributed by atoms with E-state index in [0.29, 0.717) is 11.8 Å². The van der Waals surface area contributed by atoms with Gasteiger partial charge in [-0.05, 0) is 19.8 Å². The summed E-state index contributed by atoms with van der Waals surface area (Å²) in [5.74, 6) is 1.65. The molecule has 1 aliphatic carbocycles.